The van der Waals surface area contributed by atoms with E-state index in [4.69, 9.17) is 10.1 Å². The Bertz CT molecular complexity index is 1050. The van der Waals surface area contributed by atoms with E-state index < -0.39 is 0 Å². The van der Waals surface area contributed by atoms with E-state index in [1.54, 1.807) is 17.5 Å². The molecule has 0 spiro atoms. The Kier molecular flexibility index (Phi) is 3.53. The molecule has 3 aromatic heterocycles. The van der Waals surface area contributed by atoms with Gasteiger partial charge >= 0.3 is 0 Å². The number of benzene rings is 1. The van der Waals surface area contributed by atoms with Crippen molar-refractivity contribution in [3.8, 4) is 11.3 Å². The minimum atomic E-state index is 0.304. The van der Waals surface area contributed by atoms with Gasteiger partial charge in [-0.2, -0.15) is 0 Å². The van der Waals surface area contributed by atoms with Crippen LogP contribution >= 0.6 is 11.3 Å². The molecule has 3 heterocycles. The van der Waals surface area contributed by atoms with Crippen LogP contribution in [0.1, 0.15) is 29.7 Å². The molecule has 1 aliphatic rings. The van der Waals surface area contributed by atoms with Crippen LogP contribution in [0.25, 0.3) is 16.2 Å². The molecule has 130 valence electrons. The van der Waals surface area contributed by atoms with E-state index in [2.05, 4.69) is 42.3 Å². The zero-order valence-electron chi connectivity index (χ0n) is 14.7. The Morgan fingerprint density at radius 3 is 3.00 bits per heavy atom. The number of anilines is 1. The number of aryl methyl sites for hydroxylation is 1. The Morgan fingerprint density at radius 1 is 1.27 bits per heavy atom. The molecule has 26 heavy (non-hydrogen) atoms. The predicted molar refractivity (Wildman–Crippen MR) is 105 cm³/mol. The highest BCUT2D eigenvalue weighted by molar-refractivity contribution is 7.20. The second-order valence-corrected chi connectivity index (χ2v) is 7.96. The fraction of sp³-hybridized carbons (Fsp3) is 0.250. The summed E-state index contributed by atoms with van der Waals surface area (Å²) in [6, 6.07) is 11.0. The van der Waals surface area contributed by atoms with Crippen molar-refractivity contribution in [1.29, 1.82) is 0 Å². The van der Waals surface area contributed by atoms with Crippen LogP contribution in [0.3, 0.4) is 0 Å². The van der Waals surface area contributed by atoms with E-state index in [1.807, 2.05) is 29.0 Å². The van der Waals surface area contributed by atoms with E-state index in [-0.39, 0.29) is 0 Å². The zero-order chi connectivity index (χ0) is 17.7. The van der Waals surface area contributed by atoms with E-state index in [9.17, 15) is 0 Å². The molecule has 0 amide bonds. The molecule has 5 nitrogen and oxygen atoms in total. The van der Waals surface area contributed by atoms with Crippen molar-refractivity contribution < 1.29 is 0 Å². The first-order valence-electron chi connectivity index (χ1n) is 8.80. The molecule has 0 aliphatic heterocycles. The summed E-state index contributed by atoms with van der Waals surface area (Å²) in [6.45, 7) is 4.45. The molecule has 0 fully saturated rings. The van der Waals surface area contributed by atoms with Crippen molar-refractivity contribution in [2.24, 2.45) is 5.92 Å². The number of hydrogen-bond donors (Lipinski definition) is 1. The second-order valence-electron chi connectivity index (χ2n) is 7.01. The molecule has 5 rings (SSSR count). The fourth-order valence-corrected chi connectivity index (χ4v) is 4.54. The van der Waals surface area contributed by atoms with Gasteiger partial charge in [0.1, 0.15) is 0 Å². The molecule has 0 saturated carbocycles. The Morgan fingerprint density at radius 2 is 2.19 bits per heavy atom. The summed E-state index contributed by atoms with van der Waals surface area (Å²) < 4.78 is 1.85. The summed E-state index contributed by atoms with van der Waals surface area (Å²) in [5.74, 6) is 0.550. The maximum atomic E-state index is 4.69. The van der Waals surface area contributed by atoms with Gasteiger partial charge in [0.15, 0.2) is 0 Å². The van der Waals surface area contributed by atoms with Crippen LogP contribution in [-0.4, -0.2) is 19.6 Å². The molecule has 0 saturated heterocycles. The van der Waals surface area contributed by atoms with Gasteiger partial charge in [0.25, 0.3) is 0 Å². The number of fused-ring (bicyclic) bond motifs is 2. The van der Waals surface area contributed by atoms with Gasteiger partial charge in [-0.25, -0.2) is 9.50 Å². The molecule has 0 radical (unpaired) electrons. The predicted octanol–water partition coefficient (Wildman–Crippen LogP) is 4.51. The van der Waals surface area contributed by atoms with Gasteiger partial charge in [-0.3, -0.25) is 4.98 Å². The number of aromatic nitrogens is 4. The van der Waals surface area contributed by atoms with Crippen LogP contribution in [0.5, 0.6) is 0 Å². The summed E-state index contributed by atoms with van der Waals surface area (Å²) in [4.78, 5) is 9.74. The summed E-state index contributed by atoms with van der Waals surface area (Å²) in [5, 5.41) is 9.25. The lowest BCUT2D eigenvalue weighted by Gasteiger charge is -2.18. The summed E-state index contributed by atoms with van der Waals surface area (Å²) in [7, 11) is 0. The van der Waals surface area contributed by atoms with Crippen molar-refractivity contribution in [2.75, 3.05) is 5.32 Å². The monoisotopic (exact) mass is 361 g/mol. The largest absolute Gasteiger partial charge is 0.353 e. The lowest BCUT2D eigenvalue weighted by atomic mass is 10.0. The first kappa shape index (κ1) is 15.5. The first-order valence-corrected chi connectivity index (χ1v) is 9.61. The van der Waals surface area contributed by atoms with Crippen molar-refractivity contribution in [2.45, 2.75) is 26.3 Å². The van der Waals surface area contributed by atoms with Gasteiger partial charge in [0, 0.05) is 18.0 Å². The van der Waals surface area contributed by atoms with E-state index in [0.717, 1.165) is 27.8 Å². The van der Waals surface area contributed by atoms with Crippen LogP contribution < -0.4 is 5.32 Å². The summed E-state index contributed by atoms with van der Waals surface area (Å²) in [6.07, 6.45) is 6.67. The first-order chi connectivity index (χ1) is 12.7. The van der Waals surface area contributed by atoms with Gasteiger partial charge < -0.3 is 5.32 Å². The average molecular weight is 361 g/mol. The summed E-state index contributed by atoms with van der Waals surface area (Å²) in [5.41, 5.74) is 6.06. The molecular weight excluding hydrogens is 342 g/mol. The lowest BCUT2D eigenvalue weighted by Crippen LogP contribution is -2.14. The Balaban J connectivity index is 1.44. The van der Waals surface area contributed by atoms with Crippen LogP contribution in [0.15, 0.2) is 48.9 Å². The van der Waals surface area contributed by atoms with Gasteiger partial charge in [-0.15, -0.1) is 5.10 Å². The molecule has 6 heteroatoms. The van der Waals surface area contributed by atoms with Crippen LogP contribution in [-0.2, 0) is 6.42 Å². The van der Waals surface area contributed by atoms with Gasteiger partial charge in [-0.05, 0) is 42.5 Å². The standard InChI is InChI=1S/C20H19N5S/c1-12-5-6-14-9-13(2)18(16(14)8-12)23-19-24-25-11-17(22-20(25)26-19)15-4-3-7-21-10-15/h3-8,10-11,13,18H,9H2,1-2H3,(H,23,24). The van der Waals surface area contributed by atoms with Crippen molar-refractivity contribution in [3.63, 3.8) is 0 Å². The van der Waals surface area contributed by atoms with Crippen LogP contribution in [0, 0.1) is 12.8 Å². The quantitative estimate of drug-likeness (QED) is 0.583. The lowest BCUT2D eigenvalue weighted by molar-refractivity contribution is 0.541. The highest BCUT2D eigenvalue weighted by Crippen LogP contribution is 2.39. The van der Waals surface area contributed by atoms with Gasteiger partial charge in [0.05, 0.1) is 17.9 Å². The smallest absolute Gasteiger partial charge is 0.214 e. The molecule has 2 atom stereocenters. The van der Waals surface area contributed by atoms with Crippen LogP contribution in [0.4, 0.5) is 5.13 Å². The molecular formula is C20H19N5S. The van der Waals surface area contributed by atoms with Crippen molar-refractivity contribution >= 4 is 21.4 Å². The minimum absolute atomic E-state index is 0.304. The maximum absolute atomic E-state index is 4.69. The number of imidazole rings is 1. The Labute approximate surface area is 155 Å². The Hall–Kier alpha value is -2.73. The number of nitrogens with one attached hydrogen (secondary N) is 1. The minimum Gasteiger partial charge on any atom is -0.353 e. The molecule has 2 unspecified atom stereocenters. The van der Waals surface area contributed by atoms with Gasteiger partial charge in [-0.1, -0.05) is 42.0 Å². The van der Waals surface area contributed by atoms with E-state index in [1.165, 1.54) is 16.7 Å². The molecule has 1 aliphatic carbocycles. The van der Waals surface area contributed by atoms with Crippen molar-refractivity contribution in [3.05, 3.63) is 65.6 Å². The molecule has 1 aromatic carbocycles. The average Bonchev–Trinajstić information content (AvgIpc) is 3.28. The third kappa shape index (κ3) is 2.57. The number of pyridine rings is 1. The van der Waals surface area contributed by atoms with Crippen LogP contribution in [0.2, 0.25) is 0 Å². The molecule has 1 N–H and O–H groups in total. The van der Waals surface area contributed by atoms with Crippen molar-refractivity contribution in [1.82, 2.24) is 19.6 Å². The molecule has 0 bridgehead atoms. The SMILES string of the molecule is Cc1ccc2c(c1)C(Nc1nn3cc(-c4cccnc4)nc3s1)C(C)C2. The fourth-order valence-electron chi connectivity index (χ4n) is 3.73. The normalized spacial score (nSPS) is 19.0. The number of rotatable bonds is 3. The van der Waals surface area contributed by atoms with E-state index >= 15 is 0 Å². The molecule has 4 aromatic rings. The highest BCUT2D eigenvalue weighted by atomic mass is 32.1. The highest BCUT2D eigenvalue weighted by Gasteiger charge is 2.30. The third-order valence-corrected chi connectivity index (χ3v) is 5.88. The number of hydrogen-bond acceptors (Lipinski definition) is 5. The maximum Gasteiger partial charge on any atom is 0.214 e. The topological polar surface area (TPSA) is 55.1 Å². The van der Waals surface area contributed by atoms with E-state index in [0.29, 0.717) is 12.0 Å². The number of nitrogens with zero attached hydrogens (tertiary/aromatic N) is 4. The van der Waals surface area contributed by atoms with Gasteiger partial charge in [0.2, 0.25) is 10.1 Å². The summed E-state index contributed by atoms with van der Waals surface area (Å²) >= 11 is 1.59. The second kappa shape index (κ2) is 5.92. The zero-order valence-corrected chi connectivity index (χ0v) is 15.5. The third-order valence-electron chi connectivity index (χ3n) is 5.03.